The highest BCUT2D eigenvalue weighted by atomic mass is 79.9. The van der Waals surface area contributed by atoms with Gasteiger partial charge in [0.05, 0.1) is 6.10 Å². The van der Waals surface area contributed by atoms with Gasteiger partial charge in [-0.05, 0) is 13.3 Å². The highest BCUT2D eigenvalue weighted by Gasteiger charge is 2.25. The summed E-state index contributed by atoms with van der Waals surface area (Å²) < 4.78 is -0.278. The van der Waals surface area contributed by atoms with E-state index in [-0.39, 0.29) is 9.34 Å². The zero-order chi connectivity index (χ0) is 6.78. The Labute approximate surface area is 66.7 Å². The molecule has 0 aromatic heterocycles. The summed E-state index contributed by atoms with van der Waals surface area (Å²) in [5.41, 5.74) is 0. The van der Waals surface area contributed by atoms with E-state index >= 15 is 0 Å². The molecular formula is C5H10Br2O. The number of hydrogen-bond donors (Lipinski definition) is 1. The molecule has 0 aliphatic rings. The van der Waals surface area contributed by atoms with Gasteiger partial charge in [0.2, 0.25) is 0 Å². The summed E-state index contributed by atoms with van der Waals surface area (Å²) in [6.45, 7) is 3.74. The largest absolute Gasteiger partial charge is 0.391 e. The molecule has 0 rings (SSSR count). The maximum Gasteiger partial charge on any atom is 0.106 e. The molecule has 0 aliphatic heterocycles. The molecule has 50 valence electrons. The van der Waals surface area contributed by atoms with Crippen LogP contribution >= 0.6 is 31.9 Å². The third-order valence-electron chi connectivity index (χ3n) is 1.08. The monoisotopic (exact) mass is 244 g/mol. The lowest BCUT2D eigenvalue weighted by Crippen LogP contribution is -2.25. The van der Waals surface area contributed by atoms with Gasteiger partial charge in [-0.1, -0.05) is 38.8 Å². The van der Waals surface area contributed by atoms with Gasteiger partial charge < -0.3 is 5.11 Å². The van der Waals surface area contributed by atoms with Crippen LogP contribution in [0.25, 0.3) is 0 Å². The average Bonchev–Trinajstić information content (AvgIpc) is 1.67. The van der Waals surface area contributed by atoms with Gasteiger partial charge in [-0.25, -0.2) is 0 Å². The van der Waals surface area contributed by atoms with E-state index in [1.54, 1.807) is 6.92 Å². The highest BCUT2D eigenvalue weighted by molar-refractivity contribution is 9.25. The summed E-state index contributed by atoms with van der Waals surface area (Å²) in [7, 11) is 0. The predicted molar refractivity (Wildman–Crippen MR) is 42.6 cm³/mol. The molecule has 8 heavy (non-hydrogen) atoms. The van der Waals surface area contributed by atoms with Crippen LogP contribution in [0.3, 0.4) is 0 Å². The van der Waals surface area contributed by atoms with Crippen molar-refractivity contribution in [3.63, 3.8) is 0 Å². The Balaban J connectivity index is 3.71. The van der Waals surface area contributed by atoms with E-state index in [1.807, 2.05) is 6.92 Å². The Morgan fingerprint density at radius 3 is 2.00 bits per heavy atom. The van der Waals surface area contributed by atoms with Crippen LogP contribution in [0.4, 0.5) is 0 Å². The number of hydrogen-bond acceptors (Lipinski definition) is 1. The van der Waals surface area contributed by atoms with E-state index in [9.17, 15) is 0 Å². The molecule has 0 heterocycles. The second-order valence-electron chi connectivity index (χ2n) is 1.79. The Morgan fingerprint density at radius 2 is 2.00 bits per heavy atom. The van der Waals surface area contributed by atoms with Gasteiger partial charge in [-0.15, -0.1) is 0 Å². The fourth-order valence-corrected chi connectivity index (χ4v) is 0.295. The van der Waals surface area contributed by atoms with Crippen LogP contribution in [0.2, 0.25) is 0 Å². The zero-order valence-electron chi connectivity index (χ0n) is 4.99. The van der Waals surface area contributed by atoms with Gasteiger partial charge in [0.25, 0.3) is 0 Å². The standard InChI is InChI=1S/C5H10Br2O/c1-3-5(6,7)4(2)8/h4,8H,3H2,1-2H3. The number of halogens is 2. The first kappa shape index (κ1) is 8.92. The lowest BCUT2D eigenvalue weighted by molar-refractivity contribution is 0.183. The van der Waals surface area contributed by atoms with E-state index in [1.165, 1.54) is 0 Å². The maximum absolute atomic E-state index is 8.99. The minimum atomic E-state index is -0.354. The van der Waals surface area contributed by atoms with Crippen LogP contribution in [0, 0.1) is 0 Å². The minimum Gasteiger partial charge on any atom is -0.391 e. The number of rotatable bonds is 2. The van der Waals surface area contributed by atoms with Gasteiger partial charge in [-0.2, -0.15) is 0 Å². The molecule has 0 bridgehead atoms. The molecule has 1 nitrogen and oxygen atoms in total. The van der Waals surface area contributed by atoms with Crippen molar-refractivity contribution in [3.8, 4) is 0 Å². The predicted octanol–water partition coefficient (Wildman–Crippen LogP) is 2.26. The molecule has 0 spiro atoms. The van der Waals surface area contributed by atoms with E-state index in [0.717, 1.165) is 6.42 Å². The minimum absolute atomic E-state index is 0.278. The molecule has 3 heteroatoms. The molecule has 1 unspecified atom stereocenters. The molecule has 0 fully saturated rings. The third-order valence-corrected chi connectivity index (χ3v) is 3.53. The van der Waals surface area contributed by atoms with E-state index in [0.29, 0.717) is 0 Å². The van der Waals surface area contributed by atoms with Gasteiger partial charge in [0, 0.05) is 0 Å². The van der Waals surface area contributed by atoms with Crippen molar-refractivity contribution in [2.75, 3.05) is 0 Å². The van der Waals surface area contributed by atoms with Gasteiger partial charge in [0.1, 0.15) is 3.23 Å². The molecule has 0 aromatic carbocycles. The Hall–Kier alpha value is 0.920. The normalized spacial score (nSPS) is 16.1. The summed E-state index contributed by atoms with van der Waals surface area (Å²) in [5.74, 6) is 0. The van der Waals surface area contributed by atoms with Crippen LogP contribution in [0.15, 0.2) is 0 Å². The summed E-state index contributed by atoms with van der Waals surface area (Å²) in [6, 6.07) is 0. The second-order valence-corrected chi connectivity index (χ2v) is 5.68. The SMILES string of the molecule is CCC(Br)(Br)C(C)O. The van der Waals surface area contributed by atoms with E-state index < -0.39 is 0 Å². The molecule has 1 N–H and O–H groups in total. The topological polar surface area (TPSA) is 20.2 Å². The third kappa shape index (κ3) is 2.46. The molecule has 1 atom stereocenters. The fraction of sp³-hybridized carbons (Fsp3) is 1.00. The molecule has 0 aromatic rings. The lowest BCUT2D eigenvalue weighted by atomic mass is 10.2. The Bertz CT molecular complexity index is 70.8. The molecule has 0 aliphatic carbocycles. The quantitative estimate of drug-likeness (QED) is 0.741. The summed E-state index contributed by atoms with van der Waals surface area (Å²) in [6.07, 6.45) is 0.512. The van der Waals surface area contributed by atoms with E-state index in [4.69, 9.17) is 5.11 Å². The smallest absolute Gasteiger partial charge is 0.106 e. The lowest BCUT2D eigenvalue weighted by Gasteiger charge is -2.20. The average molecular weight is 246 g/mol. The molecule has 0 saturated carbocycles. The van der Waals surface area contributed by atoms with Crippen LogP contribution in [-0.4, -0.2) is 14.4 Å². The fourth-order valence-electron chi connectivity index (χ4n) is 0.295. The van der Waals surface area contributed by atoms with Crippen molar-refractivity contribution in [1.29, 1.82) is 0 Å². The van der Waals surface area contributed by atoms with Crippen LogP contribution in [0.1, 0.15) is 20.3 Å². The number of alkyl halides is 2. The second kappa shape index (κ2) is 3.18. The van der Waals surface area contributed by atoms with Crippen molar-refractivity contribution >= 4 is 31.9 Å². The summed E-state index contributed by atoms with van der Waals surface area (Å²) in [4.78, 5) is 0. The van der Waals surface area contributed by atoms with Crippen LogP contribution in [0.5, 0.6) is 0 Å². The Morgan fingerprint density at radius 1 is 1.62 bits per heavy atom. The molecule has 0 radical (unpaired) electrons. The molecule has 0 amide bonds. The van der Waals surface area contributed by atoms with Gasteiger partial charge in [0.15, 0.2) is 0 Å². The van der Waals surface area contributed by atoms with Crippen LogP contribution in [-0.2, 0) is 0 Å². The van der Waals surface area contributed by atoms with E-state index in [2.05, 4.69) is 31.9 Å². The Kier molecular flexibility index (Phi) is 3.55. The summed E-state index contributed by atoms with van der Waals surface area (Å²) >= 11 is 6.62. The maximum atomic E-state index is 8.99. The molecular weight excluding hydrogens is 236 g/mol. The van der Waals surface area contributed by atoms with Gasteiger partial charge >= 0.3 is 0 Å². The van der Waals surface area contributed by atoms with Crippen molar-refractivity contribution in [2.24, 2.45) is 0 Å². The first-order valence-corrected chi connectivity index (χ1v) is 4.15. The van der Waals surface area contributed by atoms with Crippen molar-refractivity contribution in [2.45, 2.75) is 29.6 Å². The summed E-state index contributed by atoms with van der Waals surface area (Å²) in [5, 5.41) is 8.99. The first-order valence-electron chi connectivity index (χ1n) is 2.56. The first-order chi connectivity index (χ1) is 3.50. The highest BCUT2D eigenvalue weighted by Crippen LogP contribution is 2.33. The number of aliphatic hydroxyl groups is 1. The number of aliphatic hydroxyl groups excluding tert-OH is 1. The van der Waals surface area contributed by atoms with Crippen molar-refractivity contribution in [1.82, 2.24) is 0 Å². The van der Waals surface area contributed by atoms with Crippen LogP contribution < -0.4 is 0 Å². The van der Waals surface area contributed by atoms with Crippen molar-refractivity contribution in [3.05, 3.63) is 0 Å². The molecule has 0 saturated heterocycles. The van der Waals surface area contributed by atoms with Gasteiger partial charge in [-0.3, -0.25) is 0 Å². The van der Waals surface area contributed by atoms with Crippen molar-refractivity contribution < 1.29 is 5.11 Å². The zero-order valence-corrected chi connectivity index (χ0v) is 8.16.